The van der Waals surface area contributed by atoms with E-state index in [0.29, 0.717) is 21.4 Å². The smallest absolute Gasteiger partial charge is 0.406 e. The first kappa shape index (κ1) is 26.7. The van der Waals surface area contributed by atoms with Crippen molar-refractivity contribution in [1.29, 1.82) is 0 Å². The number of aromatic nitrogens is 2. The Morgan fingerprint density at radius 2 is 1.82 bits per heavy atom. The number of anilines is 1. The van der Waals surface area contributed by atoms with Crippen molar-refractivity contribution >= 4 is 75.1 Å². The van der Waals surface area contributed by atoms with Crippen molar-refractivity contribution in [2.45, 2.75) is 6.36 Å². The van der Waals surface area contributed by atoms with Crippen molar-refractivity contribution < 1.29 is 22.7 Å². The molecule has 4 aromatic carbocycles. The largest absolute Gasteiger partial charge is 0.573 e. The number of halogens is 5. The second kappa shape index (κ2) is 11.0. The van der Waals surface area contributed by atoms with Gasteiger partial charge in [0.1, 0.15) is 12.1 Å². The van der Waals surface area contributed by atoms with Crippen molar-refractivity contribution in [1.82, 2.24) is 14.3 Å². The Hall–Kier alpha value is -3.93. The molecule has 13 heteroatoms. The summed E-state index contributed by atoms with van der Waals surface area (Å²) in [6.45, 7) is 0. The Balaban J connectivity index is 1.26. The van der Waals surface area contributed by atoms with E-state index >= 15 is 0 Å². The van der Waals surface area contributed by atoms with Gasteiger partial charge in [-0.2, -0.15) is 0 Å². The molecule has 0 saturated carbocycles. The van der Waals surface area contributed by atoms with Crippen LogP contribution < -0.4 is 14.8 Å². The van der Waals surface area contributed by atoms with E-state index in [4.69, 9.17) is 23.2 Å². The van der Waals surface area contributed by atoms with Gasteiger partial charge in [-0.1, -0.05) is 41.4 Å². The zero-order valence-corrected chi connectivity index (χ0v) is 21.9. The number of benzene rings is 4. The molecule has 198 valence electrons. The lowest BCUT2D eigenvalue weighted by atomic mass is 10.1. The van der Waals surface area contributed by atoms with Crippen LogP contribution in [-0.4, -0.2) is 28.2 Å². The van der Waals surface area contributed by atoms with E-state index in [1.54, 1.807) is 29.2 Å². The number of rotatable bonds is 6. The third-order valence-electron chi connectivity index (χ3n) is 5.48. The van der Waals surface area contributed by atoms with Crippen molar-refractivity contribution in [2.75, 3.05) is 5.32 Å². The van der Waals surface area contributed by atoms with Gasteiger partial charge in [0.15, 0.2) is 0 Å². The molecule has 0 aliphatic rings. The fourth-order valence-corrected chi connectivity index (χ4v) is 4.63. The molecule has 0 unspecified atom stereocenters. The predicted octanol–water partition coefficient (Wildman–Crippen LogP) is 8.19. The lowest BCUT2D eigenvalue weighted by molar-refractivity contribution is -0.274. The van der Waals surface area contributed by atoms with Crippen molar-refractivity contribution in [3.8, 4) is 11.4 Å². The van der Waals surface area contributed by atoms with Crippen molar-refractivity contribution in [3.63, 3.8) is 0 Å². The zero-order valence-electron chi connectivity index (χ0n) is 19.5. The van der Waals surface area contributed by atoms with Gasteiger partial charge < -0.3 is 10.1 Å². The molecule has 1 heterocycles. The van der Waals surface area contributed by atoms with Crippen LogP contribution in [0.2, 0.25) is 10.0 Å². The standard InChI is InChI=1S/C26H16Cl2F3N5O2S/c27-17-3-9-22(21(28)12-17)34-25(37)35-39-33-13-15-1-8-20-16(11-15)2-10-23-24(20)32-14-36(23)18-4-6-19(7-5-18)38-26(29,30)31/h1-14H,(H2,34,35,37)/b33-13+. The molecule has 0 bridgehead atoms. The maximum atomic E-state index is 12.4. The Labute approximate surface area is 233 Å². The molecule has 0 saturated heterocycles. The highest BCUT2D eigenvalue weighted by molar-refractivity contribution is 7.96. The Morgan fingerprint density at radius 3 is 2.56 bits per heavy atom. The van der Waals surface area contributed by atoms with Crippen LogP contribution in [0.15, 0.2) is 83.5 Å². The number of alkyl halides is 3. The number of fused-ring (bicyclic) bond motifs is 3. The van der Waals surface area contributed by atoms with Crippen LogP contribution >= 0.6 is 35.3 Å². The predicted molar refractivity (Wildman–Crippen MR) is 149 cm³/mol. The minimum absolute atomic E-state index is 0.296. The number of amides is 2. The summed E-state index contributed by atoms with van der Waals surface area (Å²) in [4.78, 5) is 16.6. The molecule has 5 rings (SSSR count). The molecular formula is C26H16Cl2F3N5O2S. The first-order chi connectivity index (χ1) is 18.7. The van der Waals surface area contributed by atoms with E-state index in [1.807, 2.05) is 30.3 Å². The van der Waals surface area contributed by atoms with Crippen LogP contribution in [0.3, 0.4) is 0 Å². The van der Waals surface area contributed by atoms with E-state index in [-0.39, 0.29) is 5.75 Å². The number of carbonyl (C=O) groups is 1. The van der Waals surface area contributed by atoms with Gasteiger partial charge in [-0.3, -0.25) is 9.29 Å². The first-order valence-electron chi connectivity index (χ1n) is 11.1. The summed E-state index contributed by atoms with van der Waals surface area (Å²) in [5.41, 5.74) is 3.39. The fraction of sp³-hybridized carbons (Fsp3) is 0.0385. The summed E-state index contributed by atoms with van der Waals surface area (Å²) < 4.78 is 49.8. The summed E-state index contributed by atoms with van der Waals surface area (Å²) in [6, 6.07) is 19.3. The van der Waals surface area contributed by atoms with E-state index < -0.39 is 12.4 Å². The molecule has 0 spiro atoms. The van der Waals surface area contributed by atoms with Gasteiger partial charge >= 0.3 is 12.4 Å². The molecule has 0 aliphatic carbocycles. The second-order valence-electron chi connectivity index (χ2n) is 8.08. The molecule has 0 atom stereocenters. The lowest BCUT2D eigenvalue weighted by Gasteiger charge is -2.10. The quantitative estimate of drug-likeness (QED) is 0.154. The summed E-state index contributed by atoms with van der Waals surface area (Å²) in [5, 5.41) is 5.19. The molecule has 0 radical (unpaired) electrons. The molecule has 5 aromatic rings. The van der Waals surface area contributed by atoms with E-state index in [0.717, 1.165) is 39.5 Å². The number of urea groups is 1. The Kier molecular flexibility index (Phi) is 7.56. The van der Waals surface area contributed by atoms with Gasteiger partial charge in [-0.05, 0) is 65.5 Å². The SMILES string of the molecule is O=C(NS/N=C/c1ccc2c(ccc3c2ncn3-c2ccc(OC(F)(F)F)cc2)c1)Nc1ccc(Cl)cc1Cl. The molecular weight excluding hydrogens is 574 g/mol. The summed E-state index contributed by atoms with van der Waals surface area (Å²) in [7, 11) is 0. The minimum Gasteiger partial charge on any atom is -0.406 e. The second-order valence-corrected chi connectivity index (χ2v) is 9.52. The number of imidazole rings is 1. The molecule has 7 nitrogen and oxygen atoms in total. The maximum absolute atomic E-state index is 12.4. The number of hydrogen-bond donors (Lipinski definition) is 2. The Morgan fingerprint density at radius 1 is 1.03 bits per heavy atom. The summed E-state index contributed by atoms with van der Waals surface area (Å²) >= 11 is 12.8. The lowest BCUT2D eigenvalue weighted by Crippen LogP contribution is -2.22. The van der Waals surface area contributed by atoms with Crippen molar-refractivity contribution in [3.05, 3.63) is 94.7 Å². The average Bonchev–Trinajstić information content (AvgIpc) is 3.32. The van der Waals surface area contributed by atoms with Crippen molar-refractivity contribution in [2.24, 2.45) is 4.40 Å². The van der Waals surface area contributed by atoms with Crippen LogP contribution in [0.4, 0.5) is 23.7 Å². The highest BCUT2D eigenvalue weighted by Gasteiger charge is 2.31. The number of hydrogen-bond acceptors (Lipinski definition) is 5. The third kappa shape index (κ3) is 6.39. The van der Waals surface area contributed by atoms with Gasteiger partial charge in [0.2, 0.25) is 0 Å². The zero-order chi connectivity index (χ0) is 27.6. The number of ether oxygens (including phenoxy) is 1. The average molecular weight is 590 g/mol. The summed E-state index contributed by atoms with van der Waals surface area (Å²) in [6.07, 6.45) is -1.53. The molecule has 1 aromatic heterocycles. The molecule has 2 N–H and O–H groups in total. The number of nitrogens with zero attached hydrogens (tertiary/aromatic N) is 3. The van der Waals surface area contributed by atoms with E-state index in [2.05, 4.69) is 24.2 Å². The molecule has 0 aliphatic heterocycles. The highest BCUT2D eigenvalue weighted by Crippen LogP contribution is 2.29. The number of nitrogens with one attached hydrogen (secondary N) is 2. The van der Waals surface area contributed by atoms with Gasteiger partial charge in [0.25, 0.3) is 0 Å². The van der Waals surface area contributed by atoms with Gasteiger partial charge in [0.05, 0.1) is 33.9 Å². The normalized spacial score (nSPS) is 11.8. The minimum atomic E-state index is -4.75. The first-order valence-corrected chi connectivity index (χ1v) is 12.7. The third-order valence-corrected chi connectivity index (χ3v) is 6.51. The maximum Gasteiger partial charge on any atom is 0.573 e. The van der Waals surface area contributed by atoms with Crippen LogP contribution in [-0.2, 0) is 0 Å². The van der Waals surface area contributed by atoms with Crippen LogP contribution in [0, 0.1) is 0 Å². The highest BCUT2D eigenvalue weighted by atomic mass is 35.5. The van der Waals surface area contributed by atoms with E-state index in [9.17, 15) is 18.0 Å². The van der Waals surface area contributed by atoms with Crippen LogP contribution in [0.5, 0.6) is 5.75 Å². The van der Waals surface area contributed by atoms with E-state index in [1.165, 1.54) is 30.3 Å². The molecule has 39 heavy (non-hydrogen) atoms. The topological polar surface area (TPSA) is 80.5 Å². The molecule has 0 fully saturated rings. The Bertz CT molecular complexity index is 1710. The van der Waals surface area contributed by atoms with Gasteiger partial charge in [0, 0.05) is 22.3 Å². The summed E-state index contributed by atoms with van der Waals surface area (Å²) in [5.74, 6) is -0.296. The van der Waals surface area contributed by atoms with Crippen LogP contribution in [0.1, 0.15) is 5.56 Å². The monoisotopic (exact) mass is 589 g/mol. The fourth-order valence-electron chi connectivity index (χ4n) is 3.82. The van der Waals surface area contributed by atoms with Gasteiger partial charge in [-0.25, -0.2) is 14.2 Å². The van der Waals surface area contributed by atoms with Crippen LogP contribution in [0.25, 0.3) is 27.5 Å². The number of carbonyl (C=O) groups excluding carboxylic acids is 1. The van der Waals surface area contributed by atoms with Gasteiger partial charge in [-0.15, -0.1) is 13.2 Å². The molecule has 2 amide bonds.